The summed E-state index contributed by atoms with van der Waals surface area (Å²) in [6.45, 7) is -0.361. The zero-order chi connectivity index (χ0) is 13.3. The minimum atomic E-state index is -1.02. The summed E-state index contributed by atoms with van der Waals surface area (Å²) >= 11 is 6.04. The first-order chi connectivity index (χ1) is 8.56. The standard InChI is InChI=1S/C11H13ClN2O4/c12-7-9(16)6(4-15)18-10(7)8-5(11(13)17)2-1-3-14-8/h1-3,6-7,9-10,15-16H,4H2,(H2,13,17)/t6-,7-,9-,10?/m1/s1. The number of carbonyl (C=O) groups excluding carboxylic acids is 1. The van der Waals surface area contributed by atoms with E-state index in [2.05, 4.69) is 4.98 Å². The minimum Gasteiger partial charge on any atom is -0.394 e. The van der Waals surface area contributed by atoms with Crippen LogP contribution in [0.4, 0.5) is 0 Å². The summed E-state index contributed by atoms with van der Waals surface area (Å²) < 4.78 is 5.41. The molecule has 1 fully saturated rings. The summed E-state index contributed by atoms with van der Waals surface area (Å²) in [5.41, 5.74) is 5.71. The van der Waals surface area contributed by atoms with E-state index in [4.69, 9.17) is 27.2 Å². The van der Waals surface area contributed by atoms with Crippen LogP contribution in [-0.4, -0.2) is 45.3 Å². The van der Waals surface area contributed by atoms with Crippen LogP contribution >= 0.6 is 11.6 Å². The van der Waals surface area contributed by atoms with Crippen LogP contribution in [0.1, 0.15) is 22.2 Å². The van der Waals surface area contributed by atoms with Crippen LogP contribution in [0.3, 0.4) is 0 Å². The number of hydrogen-bond acceptors (Lipinski definition) is 5. The number of hydrogen-bond donors (Lipinski definition) is 3. The van der Waals surface area contributed by atoms with Gasteiger partial charge in [0.25, 0.3) is 5.91 Å². The molecule has 6 nitrogen and oxygen atoms in total. The number of aliphatic hydroxyl groups excluding tert-OH is 2. The fraction of sp³-hybridized carbons (Fsp3) is 0.455. The molecule has 1 amide bonds. The van der Waals surface area contributed by atoms with E-state index in [1.165, 1.54) is 12.3 Å². The summed E-state index contributed by atoms with van der Waals surface area (Å²) in [6.07, 6.45) is -1.11. The Morgan fingerprint density at radius 1 is 1.61 bits per heavy atom. The van der Waals surface area contributed by atoms with Crippen LogP contribution in [0.5, 0.6) is 0 Å². The summed E-state index contributed by atoms with van der Waals surface area (Å²) in [7, 11) is 0. The third-order valence-corrected chi connectivity index (χ3v) is 3.36. The first kappa shape index (κ1) is 13.2. The van der Waals surface area contributed by atoms with Crippen LogP contribution in [-0.2, 0) is 4.74 Å². The van der Waals surface area contributed by atoms with E-state index in [0.717, 1.165) is 0 Å². The van der Waals surface area contributed by atoms with Crippen molar-refractivity contribution >= 4 is 17.5 Å². The Labute approximate surface area is 108 Å². The normalized spacial score (nSPS) is 31.5. The van der Waals surface area contributed by atoms with E-state index in [-0.39, 0.29) is 17.9 Å². The number of carbonyl (C=O) groups is 1. The van der Waals surface area contributed by atoms with E-state index in [9.17, 15) is 9.90 Å². The van der Waals surface area contributed by atoms with Crippen molar-refractivity contribution in [1.82, 2.24) is 4.98 Å². The lowest BCUT2D eigenvalue weighted by atomic mass is 10.0. The number of aromatic nitrogens is 1. The van der Waals surface area contributed by atoms with Gasteiger partial charge in [-0.2, -0.15) is 0 Å². The molecule has 1 aromatic rings. The van der Waals surface area contributed by atoms with Gasteiger partial charge in [0, 0.05) is 6.20 Å². The van der Waals surface area contributed by atoms with Gasteiger partial charge in [0.2, 0.25) is 0 Å². The minimum absolute atomic E-state index is 0.193. The van der Waals surface area contributed by atoms with Gasteiger partial charge >= 0.3 is 0 Å². The van der Waals surface area contributed by atoms with Crippen molar-refractivity contribution in [3.63, 3.8) is 0 Å². The number of aliphatic hydroxyl groups is 2. The van der Waals surface area contributed by atoms with Gasteiger partial charge in [0.05, 0.1) is 23.2 Å². The molecule has 1 aliphatic heterocycles. The highest BCUT2D eigenvalue weighted by Gasteiger charge is 2.44. The summed E-state index contributed by atoms with van der Waals surface area (Å²) in [6, 6.07) is 3.08. The predicted molar refractivity (Wildman–Crippen MR) is 63.1 cm³/mol. The number of nitrogens with zero attached hydrogens (tertiary/aromatic N) is 1. The highest BCUT2D eigenvalue weighted by Crippen LogP contribution is 2.37. The molecule has 0 aliphatic carbocycles. The molecule has 1 aliphatic rings. The second kappa shape index (κ2) is 5.19. The van der Waals surface area contributed by atoms with Crippen molar-refractivity contribution in [2.45, 2.75) is 23.7 Å². The molecule has 7 heteroatoms. The van der Waals surface area contributed by atoms with Crippen molar-refractivity contribution in [3.05, 3.63) is 29.6 Å². The first-order valence-corrected chi connectivity index (χ1v) is 5.83. The molecule has 0 bridgehead atoms. The zero-order valence-electron chi connectivity index (χ0n) is 9.36. The molecule has 4 N–H and O–H groups in total. The SMILES string of the molecule is NC(=O)c1cccnc1C1O[C@H](CO)[C@@H](O)[C@H]1Cl. The molecule has 2 rings (SSSR count). The Morgan fingerprint density at radius 2 is 2.33 bits per heavy atom. The monoisotopic (exact) mass is 272 g/mol. The number of pyridine rings is 1. The Kier molecular flexibility index (Phi) is 3.82. The van der Waals surface area contributed by atoms with Crippen molar-refractivity contribution in [2.24, 2.45) is 5.73 Å². The second-order valence-corrected chi connectivity index (χ2v) is 4.52. The third kappa shape index (κ3) is 2.20. The van der Waals surface area contributed by atoms with Crippen LogP contribution in [0, 0.1) is 0 Å². The Balaban J connectivity index is 2.35. The molecule has 2 heterocycles. The third-order valence-electron chi connectivity index (χ3n) is 2.87. The zero-order valence-corrected chi connectivity index (χ0v) is 10.1. The maximum Gasteiger partial charge on any atom is 0.250 e. The van der Waals surface area contributed by atoms with Crippen molar-refractivity contribution in [3.8, 4) is 0 Å². The van der Waals surface area contributed by atoms with Gasteiger partial charge in [-0.15, -0.1) is 11.6 Å². The van der Waals surface area contributed by atoms with Crippen molar-refractivity contribution in [1.29, 1.82) is 0 Å². The number of ether oxygens (including phenoxy) is 1. The first-order valence-electron chi connectivity index (χ1n) is 5.39. The van der Waals surface area contributed by atoms with E-state index in [0.29, 0.717) is 0 Å². The lowest BCUT2D eigenvalue weighted by Gasteiger charge is -2.15. The van der Waals surface area contributed by atoms with Gasteiger partial charge in [0.15, 0.2) is 0 Å². The number of halogens is 1. The summed E-state index contributed by atoms with van der Waals surface area (Å²) in [4.78, 5) is 15.3. The average molecular weight is 273 g/mol. The van der Waals surface area contributed by atoms with Gasteiger partial charge in [-0.1, -0.05) is 0 Å². The molecule has 1 saturated heterocycles. The molecule has 0 saturated carbocycles. The maximum atomic E-state index is 11.3. The number of amides is 1. The average Bonchev–Trinajstić information content (AvgIpc) is 2.66. The fourth-order valence-corrected chi connectivity index (χ4v) is 2.29. The molecule has 0 radical (unpaired) electrons. The fourth-order valence-electron chi connectivity index (χ4n) is 1.95. The molecule has 18 heavy (non-hydrogen) atoms. The van der Waals surface area contributed by atoms with Gasteiger partial charge in [-0.3, -0.25) is 9.78 Å². The van der Waals surface area contributed by atoms with Gasteiger partial charge in [-0.05, 0) is 12.1 Å². The van der Waals surface area contributed by atoms with Crippen LogP contribution in [0.2, 0.25) is 0 Å². The lowest BCUT2D eigenvalue weighted by molar-refractivity contribution is -0.0237. The molecule has 1 unspecified atom stereocenters. The topological polar surface area (TPSA) is 106 Å². The Bertz CT molecular complexity index is 456. The largest absolute Gasteiger partial charge is 0.394 e. The molecule has 1 aromatic heterocycles. The van der Waals surface area contributed by atoms with Crippen LogP contribution in [0.15, 0.2) is 18.3 Å². The highest BCUT2D eigenvalue weighted by atomic mass is 35.5. The quantitative estimate of drug-likeness (QED) is 0.648. The van der Waals surface area contributed by atoms with E-state index in [1.54, 1.807) is 6.07 Å². The number of nitrogens with two attached hydrogens (primary N) is 1. The van der Waals surface area contributed by atoms with Crippen LogP contribution < -0.4 is 5.73 Å². The van der Waals surface area contributed by atoms with E-state index >= 15 is 0 Å². The highest BCUT2D eigenvalue weighted by molar-refractivity contribution is 6.21. The molecule has 0 spiro atoms. The van der Waals surface area contributed by atoms with Crippen LogP contribution in [0.25, 0.3) is 0 Å². The summed E-state index contributed by atoms with van der Waals surface area (Å²) in [5, 5.41) is 18.0. The number of rotatable bonds is 3. The smallest absolute Gasteiger partial charge is 0.250 e. The molecule has 4 atom stereocenters. The molecular formula is C11H13ClN2O4. The number of alkyl halides is 1. The molecule has 98 valence electrons. The molecule has 0 aromatic carbocycles. The maximum absolute atomic E-state index is 11.3. The lowest BCUT2D eigenvalue weighted by Crippen LogP contribution is -2.29. The van der Waals surface area contributed by atoms with E-state index in [1.807, 2.05) is 0 Å². The Morgan fingerprint density at radius 3 is 2.89 bits per heavy atom. The predicted octanol–water partition coefficient (Wildman–Crippen LogP) is -0.419. The van der Waals surface area contributed by atoms with Crippen molar-refractivity contribution in [2.75, 3.05) is 6.61 Å². The Hall–Kier alpha value is -1.21. The summed E-state index contributed by atoms with van der Waals surface area (Å²) in [5.74, 6) is -0.646. The number of primary amides is 1. The van der Waals surface area contributed by atoms with Crippen molar-refractivity contribution < 1.29 is 19.7 Å². The van der Waals surface area contributed by atoms with E-state index < -0.39 is 29.6 Å². The second-order valence-electron chi connectivity index (χ2n) is 4.01. The molecular weight excluding hydrogens is 260 g/mol. The van der Waals surface area contributed by atoms with Gasteiger partial charge in [-0.25, -0.2) is 0 Å². The van der Waals surface area contributed by atoms with Gasteiger partial charge in [0.1, 0.15) is 18.3 Å². The van der Waals surface area contributed by atoms with Gasteiger partial charge < -0.3 is 20.7 Å².